The zero-order valence-corrected chi connectivity index (χ0v) is 13.4. The van der Waals surface area contributed by atoms with Gasteiger partial charge >= 0.3 is 0 Å². The van der Waals surface area contributed by atoms with Crippen molar-refractivity contribution in [1.29, 1.82) is 0 Å². The topological polar surface area (TPSA) is 12.0 Å². The summed E-state index contributed by atoms with van der Waals surface area (Å²) in [6.45, 7) is 5.58. The van der Waals surface area contributed by atoms with Crippen LogP contribution in [0.3, 0.4) is 0 Å². The monoisotopic (exact) mass is 287 g/mol. The van der Waals surface area contributed by atoms with E-state index in [9.17, 15) is 0 Å². The van der Waals surface area contributed by atoms with E-state index in [1.165, 1.54) is 34.3 Å². The normalized spacial score (nSPS) is 12.7. The maximum absolute atomic E-state index is 3.70. The standard InChI is InChI=1S/C18H25NS/c1-3-12-19-17(14-20-4-2)13-16-10-7-9-15-8-5-6-11-18(15)16/h5-11,17,19H,3-4,12-14H2,1-2H3. The summed E-state index contributed by atoms with van der Waals surface area (Å²) < 4.78 is 0. The third kappa shape index (κ3) is 4.26. The number of benzene rings is 2. The molecule has 1 unspecified atom stereocenters. The van der Waals surface area contributed by atoms with Crippen LogP contribution >= 0.6 is 11.8 Å². The zero-order chi connectivity index (χ0) is 14.2. The van der Waals surface area contributed by atoms with Gasteiger partial charge in [0.2, 0.25) is 0 Å². The van der Waals surface area contributed by atoms with Crippen LogP contribution in [0, 0.1) is 0 Å². The molecule has 2 aromatic carbocycles. The summed E-state index contributed by atoms with van der Waals surface area (Å²) in [6, 6.07) is 15.9. The van der Waals surface area contributed by atoms with Crippen LogP contribution in [-0.2, 0) is 6.42 Å². The van der Waals surface area contributed by atoms with Crippen molar-refractivity contribution in [2.75, 3.05) is 18.1 Å². The lowest BCUT2D eigenvalue weighted by atomic mass is 9.99. The van der Waals surface area contributed by atoms with Gasteiger partial charge in [-0.2, -0.15) is 11.8 Å². The molecule has 1 nitrogen and oxygen atoms in total. The van der Waals surface area contributed by atoms with Crippen LogP contribution in [-0.4, -0.2) is 24.1 Å². The van der Waals surface area contributed by atoms with Crippen LogP contribution < -0.4 is 5.32 Å². The van der Waals surface area contributed by atoms with Crippen molar-refractivity contribution in [2.45, 2.75) is 32.7 Å². The van der Waals surface area contributed by atoms with E-state index >= 15 is 0 Å². The maximum atomic E-state index is 3.70. The lowest BCUT2D eigenvalue weighted by molar-refractivity contribution is 0.551. The van der Waals surface area contributed by atoms with E-state index < -0.39 is 0 Å². The highest BCUT2D eigenvalue weighted by atomic mass is 32.2. The molecule has 0 fully saturated rings. The van der Waals surface area contributed by atoms with E-state index in [2.05, 4.69) is 61.6 Å². The van der Waals surface area contributed by atoms with Crippen molar-refractivity contribution >= 4 is 22.5 Å². The van der Waals surface area contributed by atoms with Crippen LogP contribution in [0.2, 0.25) is 0 Å². The minimum atomic E-state index is 0.575. The van der Waals surface area contributed by atoms with E-state index in [4.69, 9.17) is 0 Å². The van der Waals surface area contributed by atoms with Crippen molar-refractivity contribution in [3.63, 3.8) is 0 Å². The molecule has 0 bridgehead atoms. The molecule has 0 saturated heterocycles. The number of rotatable bonds is 8. The summed E-state index contributed by atoms with van der Waals surface area (Å²) >= 11 is 2.03. The van der Waals surface area contributed by atoms with E-state index in [0.717, 1.165) is 13.0 Å². The largest absolute Gasteiger partial charge is 0.313 e. The second-order valence-corrected chi connectivity index (χ2v) is 6.47. The summed E-state index contributed by atoms with van der Waals surface area (Å²) in [5, 5.41) is 6.45. The van der Waals surface area contributed by atoms with Gasteiger partial charge in [0, 0.05) is 11.8 Å². The molecular weight excluding hydrogens is 262 g/mol. The Bertz CT molecular complexity index is 510. The first-order chi connectivity index (χ1) is 9.85. The molecule has 0 heterocycles. The molecule has 1 N–H and O–H groups in total. The molecule has 2 heteroatoms. The molecule has 0 amide bonds. The molecule has 0 radical (unpaired) electrons. The summed E-state index contributed by atoms with van der Waals surface area (Å²) in [4.78, 5) is 0. The van der Waals surface area contributed by atoms with Gasteiger partial charge in [-0.25, -0.2) is 0 Å². The molecule has 108 valence electrons. The molecule has 0 saturated carbocycles. The van der Waals surface area contributed by atoms with Crippen molar-refractivity contribution in [3.8, 4) is 0 Å². The molecule has 0 aliphatic carbocycles. The van der Waals surface area contributed by atoms with Crippen molar-refractivity contribution in [2.24, 2.45) is 0 Å². The SMILES string of the molecule is CCCNC(CSCC)Cc1cccc2ccccc12. The summed E-state index contributed by atoms with van der Waals surface area (Å²) in [5.41, 5.74) is 1.47. The van der Waals surface area contributed by atoms with Crippen LogP contribution in [0.1, 0.15) is 25.8 Å². The smallest absolute Gasteiger partial charge is 0.0198 e. The summed E-state index contributed by atoms with van der Waals surface area (Å²) in [5.74, 6) is 2.39. The Kier molecular flexibility index (Phi) is 6.41. The molecule has 2 aromatic rings. The van der Waals surface area contributed by atoms with Crippen molar-refractivity contribution in [3.05, 3.63) is 48.0 Å². The number of nitrogens with one attached hydrogen (secondary N) is 1. The van der Waals surface area contributed by atoms with Gasteiger partial charge in [-0.3, -0.25) is 0 Å². The average Bonchev–Trinajstić information content (AvgIpc) is 2.50. The van der Waals surface area contributed by atoms with Crippen LogP contribution in [0.4, 0.5) is 0 Å². The third-order valence-electron chi connectivity index (χ3n) is 3.55. The number of fused-ring (bicyclic) bond motifs is 1. The molecule has 0 aliphatic rings. The molecule has 1 atom stereocenters. The molecule has 2 rings (SSSR count). The van der Waals surface area contributed by atoms with Gasteiger partial charge in [0.15, 0.2) is 0 Å². The molecule has 20 heavy (non-hydrogen) atoms. The first kappa shape index (κ1) is 15.4. The average molecular weight is 287 g/mol. The van der Waals surface area contributed by atoms with Gasteiger partial charge in [-0.15, -0.1) is 0 Å². The van der Waals surface area contributed by atoms with Crippen molar-refractivity contribution < 1.29 is 0 Å². The molecule has 0 spiro atoms. The Labute approximate surface area is 127 Å². The highest BCUT2D eigenvalue weighted by molar-refractivity contribution is 7.99. The van der Waals surface area contributed by atoms with Crippen LogP contribution in [0.15, 0.2) is 42.5 Å². The number of thioether (sulfide) groups is 1. The highest BCUT2D eigenvalue weighted by Crippen LogP contribution is 2.20. The van der Waals surface area contributed by atoms with Crippen molar-refractivity contribution in [1.82, 2.24) is 5.32 Å². The number of hydrogen-bond donors (Lipinski definition) is 1. The zero-order valence-electron chi connectivity index (χ0n) is 12.6. The first-order valence-corrected chi connectivity index (χ1v) is 8.78. The van der Waals surface area contributed by atoms with Gasteiger partial charge in [-0.1, -0.05) is 56.3 Å². The van der Waals surface area contributed by atoms with Gasteiger partial charge in [0.25, 0.3) is 0 Å². The van der Waals surface area contributed by atoms with Gasteiger partial charge in [-0.05, 0) is 41.5 Å². The Hall–Kier alpha value is -0.990. The van der Waals surface area contributed by atoms with Gasteiger partial charge < -0.3 is 5.32 Å². The Morgan fingerprint density at radius 2 is 1.85 bits per heavy atom. The molecule has 0 aliphatic heterocycles. The summed E-state index contributed by atoms with van der Waals surface area (Å²) in [6.07, 6.45) is 2.32. The lowest BCUT2D eigenvalue weighted by Gasteiger charge is -2.19. The minimum Gasteiger partial charge on any atom is -0.313 e. The fraction of sp³-hybridized carbons (Fsp3) is 0.444. The first-order valence-electron chi connectivity index (χ1n) is 7.63. The van der Waals surface area contributed by atoms with Gasteiger partial charge in [0.1, 0.15) is 0 Å². The van der Waals surface area contributed by atoms with Crippen LogP contribution in [0.5, 0.6) is 0 Å². The maximum Gasteiger partial charge on any atom is 0.0198 e. The second-order valence-electron chi connectivity index (χ2n) is 5.15. The van der Waals surface area contributed by atoms with E-state index in [0.29, 0.717) is 6.04 Å². The van der Waals surface area contributed by atoms with Crippen LogP contribution in [0.25, 0.3) is 10.8 Å². The lowest BCUT2D eigenvalue weighted by Crippen LogP contribution is -2.34. The molecular formula is C18H25NS. The van der Waals surface area contributed by atoms with Gasteiger partial charge in [0.05, 0.1) is 0 Å². The number of hydrogen-bond acceptors (Lipinski definition) is 2. The Balaban J connectivity index is 2.14. The predicted octanol–water partition coefficient (Wildman–Crippen LogP) is 4.50. The Morgan fingerprint density at radius 3 is 2.65 bits per heavy atom. The summed E-state index contributed by atoms with van der Waals surface area (Å²) in [7, 11) is 0. The molecule has 0 aromatic heterocycles. The van der Waals surface area contributed by atoms with E-state index in [1.807, 2.05) is 11.8 Å². The highest BCUT2D eigenvalue weighted by Gasteiger charge is 2.10. The Morgan fingerprint density at radius 1 is 1.05 bits per heavy atom. The van der Waals surface area contributed by atoms with E-state index in [1.54, 1.807) is 0 Å². The third-order valence-corrected chi connectivity index (χ3v) is 4.60. The fourth-order valence-electron chi connectivity index (χ4n) is 2.53. The quantitative estimate of drug-likeness (QED) is 0.767. The predicted molar refractivity (Wildman–Crippen MR) is 92.7 cm³/mol. The van der Waals surface area contributed by atoms with E-state index in [-0.39, 0.29) is 0 Å². The second kappa shape index (κ2) is 8.33. The minimum absolute atomic E-state index is 0.575. The fourth-order valence-corrected chi connectivity index (χ4v) is 3.29.